The molecule has 0 aliphatic carbocycles. The van der Waals surface area contributed by atoms with Crippen molar-refractivity contribution in [2.45, 2.75) is 13.0 Å². The molecule has 1 aliphatic heterocycles. The van der Waals surface area contributed by atoms with Gasteiger partial charge in [-0.3, -0.25) is 0 Å². The Hall–Kier alpha value is -2.87. The van der Waals surface area contributed by atoms with Crippen molar-refractivity contribution in [2.75, 3.05) is 31.3 Å². The Morgan fingerprint density at radius 2 is 2.17 bits per heavy atom. The molecule has 24 heavy (non-hydrogen) atoms. The molecule has 1 aliphatic rings. The molecule has 0 atom stereocenters. The lowest BCUT2D eigenvalue weighted by Gasteiger charge is -2.19. The highest BCUT2D eigenvalue weighted by Gasteiger charge is 2.17. The minimum absolute atomic E-state index is 0.484. The normalized spacial score (nSPS) is 13.6. The summed E-state index contributed by atoms with van der Waals surface area (Å²) in [6, 6.07) is 3.99. The third-order valence-corrected chi connectivity index (χ3v) is 4.10. The van der Waals surface area contributed by atoms with Crippen molar-refractivity contribution < 1.29 is 4.74 Å². The molecule has 3 aromatic rings. The molecule has 8 nitrogen and oxygen atoms in total. The number of ether oxygens (including phenoxy) is 1. The van der Waals surface area contributed by atoms with E-state index in [0.717, 1.165) is 47.7 Å². The number of aromatic amines is 1. The molecule has 0 radical (unpaired) electrons. The standard InChI is InChI=1S/C16H19N7O/c1-17-13-10-3-6-19-14(10)23-16(22-13)21-12-7-9-8-18-5-4-11(9)20-15(12)24-2/h3,6-7,18H,4-5,8H2,1-2H3,(H3,17,19,21,22,23). The maximum absolute atomic E-state index is 5.44. The van der Waals surface area contributed by atoms with Crippen LogP contribution in [-0.4, -0.2) is 40.6 Å². The SMILES string of the molecule is CNc1nc(Nc2cc3c(nc2OC)CCNC3)nc2[nH]ccc12. The quantitative estimate of drug-likeness (QED) is 0.580. The van der Waals surface area contributed by atoms with Gasteiger partial charge in [-0.15, -0.1) is 0 Å². The number of anilines is 3. The Balaban J connectivity index is 1.74. The second kappa shape index (κ2) is 5.97. The van der Waals surface area contributed by atoms with Crippen LogP contribution in [0.15, 0.2) is 18.3 Å². The van der Waals surface area contributed by atoms with Crippen molar-refractivity contribution in [3.8, 4) is 5.88 Å². The number of fused-ring (bicyclic) bond motifs is 2. The lowest BCUT2D eigenvalue weighted by atomic mass is 10.1. The second-order valence-electron chi connectivity index (χ2n) is 5.59. The van der Waals surface area contributed by atoms with E-state index < -0.39 is 0 Å². The molecule has 0 fully saturated rings. The smallest absolute Gasteiger partial charge is 0.237 e. The zero-order valence-electron chi connectivity index (χ0n) is 13.6. The lowest BCUT2D eigenvalue weighted by Crippen LogP contribution is -2.24. The summed E-state index contributed by atoms with van der Waals surface area (Å²) in [7, 11) is 3.46. The first kappa shape index (κ1) is 14.7. The molecule has 3 aromatic heterocycles. The molecule has 124 valence electrons. The van der Waals surface area contributed by atoms with Crippen molar-refractivity contribution in [3.63, 3.8) is 0 Å². The van der Waals surface area contributed by atoms with Gasteiger partial charge in [0.25, 0.3) is 0 Å². The monoisotopic (exact) mass is 325 g/mol. The van der Waals surface area contributed by atoms with Crippen molar-refractivity contribution >= 4 is 28.5 Å². The summed E-state index contributed by atoms with van der Waals surface area (Å²) in [5.41, 5.74) is 3.77. The van der Waals surface area contributed by atoms with Crippen LogP contribution in [0, 0.1) is 0 Å². The highest BCUT2D eigenvalue weighted by molar-refractivity contribution is 5.88. The van der Waals surface area contributed by atoms with Gasteiger partial charge < -0.3 is 25.7 Å². The summed E-state index contributed by atoms with van der Waals surface area (Å²) in [5, 5.41) is 10.6. The number of pyridine rings is 1. The van der Waals surface area contributed by atoms with E-state index in [1.807, 2.05) is 19.3 Å². The Labute approximate surface area is 139 Å². The molecule has 0 unspecified atom stereocenters. The molecule has 4 N–H and O–H groups in total. The fourth-order valence-electron chi connectivity index (χ4n) is 2.93. The molecule has 8 heteroatoms. The Kier molecular flexibility index (Phi) is 3.66. The minimum Gasteiger partial charge on any atom is -0.480 e. The Morgan fingerprint density at radius 1 is 1.25 bits per heavy atom. The maximum Gasteiger partial charge on any atom is 0.237 e. The molecule has 0 bridgehead atoms. The fourth-order valence-corrected chi connectivity index (χ4v) is 2.93. The molecule has 0 saturated heterocycles. The van der Waals surface area contributed by atoms with Gasteiger partial charge in [0.05, 0.1) is 18.2 Å². The van der Waals surface area contributed by atoms with Crippen molar-refractivity contribution in [1.29, 1.82) is 0 Å². The number of methoxy groups -OCH3 is 1. The largest absolute Gasteiger partial charge is 0.480 e. The first-order chi connectivity index (χ1) is 11.8. The maximum atomic E-state index is 5.44. The summed E-state index contributed by atoms with van der Waals surface area (Å²) < 4.78 is 5.44. The lowest BCUT2D eigenvalue weighted by molar-refractivity contribution is 0.397. The van der Waals surface area contributed by atoms with Crippen molar-refractivity contribution in [2.24, 2.45) is 0 Å². The molecule has 0 spiro atoms. The van der Waals surface area contributed by atoms with Crippen LogP contribution < -0.4 is 20.7 Å². The van der Waals surface area contributed by atoms with Gasteiger partial charge in [0, 0.05) is 32.8 Å². The van der Waals surface area contributed by atoms with Gasteiger partial charge in [-0.2, -0.15) is 9.97 Å². The highest BCUT2D eigenvalue weighted by Crippen LogP contribution is 2.29. The summed E-state index contributed by atoms with van der Waals surface area (Å²) in [6.07, 6.45) is 2.75. The van der Waals surface area contributed by atoms with Crippen LogP contribution in [-0.2, 0) is 13.0 Å². The van der Waals surface area contributed by atoms with Gasteiger partial charge in [0.15, 0.2) is 0 Å². The average molecular weight is 325 g/mol. The van der Waals surface area contributed by atoms with E-state index in [2.05, 4.69) is 42.0 Å². The van der Waals surface area contributed by atoms with E-state index in [-0.39, 0.29) is 0 Å². The Morgan fingerprint density at radius 3 is 3.00 bits per heavy atom. The van der Waals surface area contributed by atoms with Gasteiger partial charge in [0.1, 0.15) is 17.2 Å². The molecule has 0 saturated carbocycles. The van der Waals surface area contributed by atoms with Crippen LogP contribution in [0.25, 0.3) is 11.0 Å². The van der Waals surface area contributed by atoms with Crippen LogP contribution in [0.5, 0.6) is 5.88 Å². The number of hydrogen-bond donors (Lipinski definition) is 4. The highest BCUT2D eigenvalue weighted by atomic mass is 16.5. The van der Waals surface area contributed by atoms with E-state index in [9.17, 15) is 0 Å². The number of nitrogens with one attached hydrogen (secondary N) is 4. The minimum atomic E-state index is 0.484. The summed E-state index contributed by atoms with van der Waals surface area (Å²) in [5.74, 6) is 1.80. The van der Waals surface area contributed by atoms with Gasteiger partial charge in [0.2, 0.25) is 11.8 Å². The van der Waals surface area contributed by atoms with E-state index in [0.29, 0.717) is 11.8 Å². The van der Waals surface area contributed by atoms with E-state index in [1.54, 1.807) is 7.11 Å². The summed E-state index contributed by atoms with van der Waals surface area (Å²) in [6.45, 7) is 1.74. The number of nitrogens with zero attached hydrogens (tertiary/aromatic N) is 3. The third kappa shape index (κ3) is 2.50. The predicted molar refractivity (Wildman–Crippen MR) is 92.9 cm³/mol. The van der Waals surface area contributed by atoms with Crippen molar-refractivity contribution in [1.82, 2.24) is 25.3 Å². The van der Waals surface area contributed by atoms with Crippen LogP contribution in [0.2, 0.25) is 0 Å². The van der Waals surface area contributed by atoms with Crippen LogP contribution >= 0.6 is 0 Å². The number of aromatic nitrogens is 4. The molecular weight excluding hydrogens is 306 g/mol. The number of H-pyrrole nitrogens is 1. The molecule has 4 heterocycles. The molecular formula is C16H19N7O. The van der Waals surface area contributed by atoms with Crippen LogP contribution in [0.4, 0.5) is 17.5 Å². The van der Waals surface area contributed by atoms with Gasteiger partial charge in [-0.05, 0) is 17.7 Å². The van der Waals surface area contributed by atoms with Crippen molar-refractivity contribution in [3.05, 3.63) is 29.6 Å². The zero-order valence-corrected chi connectivity index (χ0v) is 13.6. The van der Waals surface area contributed by atoms with Crippen LogP contribution in [0.1, 0.15) is 11.3 Å². The van der Waals surface area contributed by atoms with Crippen LogP contribution in [0.3, 0.4) is 0 Å². The first-order valence-corrected chi connectivity index (χ1v) is 7.86. The average Bonchev–Trinajstić information content (AvgIpc) is 3.09. The Bertz CT molecular complexity index is 890. The molecule has 4 rings (SSSR count). The zero-order chi connectivity index (χ0) is 16.5. The second-order valence-corrected chi connectivity index (χ2v) is 5.59. The molecule has 0 amide bonds. The predicted octanol–water partition coefficient (Wildman–Crippen LogP) is 1.79. The summed E-state index contributed by atoms with van der Waals surface area (Å²) in [4.78, 5) is 16.8. The number of rotatable bonds is 4. The van der Waals surface area contributed by atoms with E-state index >= 15 is 0 Å². The van der Waals surface area contributed by atoms with E-state index in [1.165, 1.54) is 5.56 Å². The van der Waals surface area contributed by atoms with Gasteiger partial charge in [-0.1, -0.05) is 0 Å². The van der Waals surface area contributed by atoms with Gasteiger partial charge in [-0.25, -0.2) is 4.98 Å². The fraction of sp³-hybridized carbons (Fsp3) is 0.312. The van der Waals surface area contributed by atoms with Gasteiger partial charge >= 0.3 is 0 Å². The number of hydrogen-bond acceptors (Lipinski definition) is 7. The molecule has 0 aromatic carbocycles. The third-order valence-electron chi connectivity index (χ3n) is 4.10. The first-order valence-electron chi connectivity index (χ1n) is 7.86. The topological polar surface area (TPSA) is 99.8 Å². The van der Waals surface area contributed by atoms with E-state index in [4.69, 9.17) is 4.74 Å². The summed E-state index contributed by atoms with van der Waals surface area (Å²) >= 11 is 0.